The highest BCUT2D eigenvalue weighted by Crippen LogP contribution is 2.42. The van der Waals surface area contributed by atoms with Gasteiger partial charge in [0.1, 0.15) is 35.4 Å². The first kappa shape index (κ1) is 28.1. The molecule has 0 saturated carbocycles. The van der Waals surface area contributed by atoms with E-state index in [1.54, 1.807) is 26.3 Å². The summed E-state index contributed by atoms with van der Waals surface area (Å²) >= 11 is 0. The van der Waals surface area contributed by atoms with Crippen LogP contribution in [0.1, 0.15) is 29.8 Å². The van der Waals surface area contributed by atoms with E-state index in [1.807, 2.05) is 84.9 Å². The number of anilines is 1. The van der Waals surface area contributed by atoms with Crippen LogP contribution in [0.3, 0.4) is 0 Å². The molecule has 2 fully saturated rings. The smallest absolute Gasteiger partial charge is 0.351 e. The lowest BCUT2D eigenvalue weighted by Gasteiger charge is -2.37. The Bertz CT molecular complexity index is 1510. The molecule has 42 heavy (non-hydrogen) atoms. The zero-order valence-corrected chi connectivity index (χ0v) is 23.5. The Hall–Kier alpha value is -4.06. The predicted molar refractivity (Wildman–Crippen MR) is 154 cm³/mol. The standard InChI is InChI=1S/C32H33N3O7/c1-20(36)26-27-28(42-31(39-3)41-27)29(40-26)35-19-18-25(33-30(35)37)34-32(21-10-6-4-7-11-21,22-12-8-5-9-13-22)23-14-16-24(38-2)17-15-23/h4-20,26-29,31,36H,1-3H3,(H,33,34,37)/t20-,26+,27+,28+,29+,31?/m0/s1. The molecule has 3 aromatic carbocycles. The third kappa shape index (κ3) is 4.97. The maximum atomic E-state index is 13.5. The maximum Gasteiger partial charge on any atom is 0.351 e. The van der Waals surface area contributed by atoms with Gasteiger partial charge in [-0.2, -0.15) is 4.98 Å². The number of fused-ring (bicyclic) bond motifs is 1. The fourth-order valence-corrected chi connectivity index (χ4v) is 5.78. The number of ether oxygens (including phenoxy) is 5. The van der Waals surface area contributed by atoms with Crippen LogP contribution >= 0.6 is 0 Å². The largest absolute Gasteiger partial charge is 0.497 e. The molecule has 1 unspecified atom stereocenters. The molecule has 2 N–H and O–H groups in total. The van der Waals surface area contributed by atoms with Crippen LogP contribution in [0.5, 0.6) is 5.75 Å². The van der Waals surface area contributed by atoms with Gasteiger partial charge in [0.15, 0.2) is 6.23 Å². The van der Waals surface area contributed by atoms with Crippen molar-refractivity contribution in [2.45, 2.75) is 49.6 Å². The number of nitrogens with one attached hydrogen (secondary N) is 1. The monoisotopic (exact) mass is 571 g/mol. The van der Waals surface area contributed by atoms with E-state index in [1.165, 1.54) is 11.7 Å². The second-order valence-corrected chi connectivity index (χ2v) is 10.3. The molecule has 10 nitrogen and oxygen atoms in total. The summed E-state index contributed by atoms with van der Waals surface area (Å²) < 4.78 is 29.6. The molecule has 10 heteroatoms. The normalized spacial score (nSPS) is 24.2. The van der Waals surface area contributed by atoms with Crippen LogP contribution in [0.2, 0.25) is 0 Å². The Morgan fingerprint density at radius 2 is 1.45 bits per heavy atom. The average Bonchev–Trinajstić information content (AvgIpc) is 3.60. The van der Waals surface area contributed by atoms with Crippen LogP contribution in [0.25, 0.3) is 0 Å². The van der Waals surface area contributed by atoms with E-state index in [9.17, 15) is 9.90 Å². The zero-order chi connectivity index (χ0) is 29.3. The van der Waals surface area contributed by atoms with Crippen LogP contribution in [-0.2, 0) is 24.5 Å². The van der Waals surface area contributed by atoms with Crippen molar-refractivity contribution in [2.75, 3.05) is 19.5 Å². The summed E-state index contributed by atoms with van der Waals surface area (Å²) in [6.45, 7) is 0.687. The Labute approximate surface area is 243 Å². The van der Waals surface area contributed by atoms with Crippen molar-refractivity contribution < 1.29 is 28.8 Å². The highest BCUT2D eigenvalue weighted by molar-refractivity contribution is 5.58. The summed E-state index contributed by atoms with van der Waals surface area (Å²) in [5, 5.41) is 13.9. The molecule has 6 atom stereocenters. The van der Waals surface area contributed by atoms with Gasteiger partial charge in [-0.15, -0.1) is 0 Å². The van der Waals surface area contributed by atoms with Gasteiger partial charge in [0.2, 0.25) is 0 Å². The fourth-order valence-electron chi connectivity index (χ4n) is 5.78. The minimum atomic E-state index is -0.917. The quantitative estimate of drug-likeness (QED) is 0.291. The van der Waals surface area contributed by atoms with Crippen LogP contribution in [0.15, 0.2) is 102 Å². The van der Waals surface area contributed by atoms with Gasteiger partial charge >= 0.3 is 5.69 Å². The minimum absolute atomic E-state index is 0.361. The van der Waals surface area contributed by atoms with E-state index in [2.05, 4.69) is 10.3 Å². The number of aliphatic hydroxyl groups excluding tert-OH is 1. The highest BCUT2D eigenvalue weighted by Gasteiger charge is 2.55. The third-order valence-corrected chi connectivity index (χ3v) is 7.79. The summed E-state index contributed by atoms with van der Waals surface area (Å²) in [4.78, 5) is 18.0. The van der Waals surface area contributed by atoms with E-state index >= 15 is 0 Å². The van der Waals surface area contributed by atoms with Crippen LogP contribution in [0, 0.1) is 0 Å². The lowest BCUT2D eigenvalue weighted by Crippen LogP contribution is -2.40. The number of nitrogens with zero attached hydrogens (tertiary/aromatic N) is 2. The average molecular weight is 572 g/mol. The Balaban J connectivity index is 1.42. The molecule has 2 aliphatic rings. The summed E-state index contributed by atoms with van der Waals surface area (Å²) in [6, 6.07) is 29.5. The van der Waals surface area contributed by atoms with Crippen molar-refractivity contribution in [3.05, 3.63) is 124 Å². The second-order valence-electron chi connectivity index (χ2n) is 10.3. The van der Waals surface area contributed by atoms with Gasteiger partial charge < -0.3 is 34.1 Å². The molecule has 0 aliphatic carbocycles. The number of methoxy groups -OCH3 is 2. The lowest BCUT2D eigenvalue weighted by atomic mass is 9.77. The van der Waals surface area contributed by atoms with E-state index in [0.29, 0.717) is 5.82 Å². The molecular formula is C32H33N3O7. The molecule has 3 heterocycles. The number of benzene rings is 3. The van der Waals surface area contributed by atoms with E-state index in [4.69, 9.17) is 23.7 Å². The SMILES string of the molecule is COc1ccc(C(Nc2ccn([C@@H]3O[C@H]([C@H](C)O)[C@H]4OC(OC)O[C@H]43)c(=O)n2)(c2ccccc2)c2ccccc2)cc1. The van der Waals surface area contributed by atoms with Gasteiger partial charge in [-0.3, -0.25) is 4.57 Å². The number of hydrogen-bond donors (Lipinski definition) is 2. The van der Waals surface area contributed by atoms with Gasteiger partial charge in [-0.05, 0) is 41.8 Å². The molecule has 2 saturated heterocycles. The molecule has 4 aromatic rings. The first-order valence-corrected chi connectivity index (χ1v) is 13.7. The number of hydrogen-bond acceptors (Lipinski definition) is 9. The minimum Gasteiger partial charge on any atom is -0.497 e. The first-order chi connectivity index (χ1) is 20.4. The van der Waals surface area contributed by atoms with Crippen molar-refractivity contribution in [2.24, 2.45) is 0 Å². The summed E-state index contributed by atoms with van der Waals surface area (Å²) in [5.74, 6) is 1.09. The molecule has 0 bridgehead atoms. The van der Waals surface area contributed by atoms with Crippen LogP contribution in [-0.4, -0.2) is 59.8 Å². The summed E-state index contributed by atoms with van der Waals surface area (Å²) in [5.41, 5.74) is 1.38. The molecule has 1 aromatic heterocycles. The predicted octanol–water partition coefficient (Wildman–Crippen LogP) is 3.65. The summed E-state index contributed by atoms with van der Waals surface area (Å²) in [7, 11) is 3.09. The zero-order valence-electron chi connectivity index (χ0n) is 23.5. The van der Waals surface area contributed by atoms with Crippen LogP contribution in [0.4, 0.5) is 5.82 Å². The Kier molecular flexibility index (Phi) is 7.80. The molecule has 0 radical (unpaired) electrons. The van der Waals surface area contributed by atoms with Crippen molar-refractivity contribution in [3.63, 3.8) is 0 Å². The topological polar surface area (TPSA) is 113 Å². The van der Waals surface area contributed by atoms with Crippen LogP contribution < -0.4 is 15.7 Å². The molecule has 218 valence electrons. The molecular weight excluding hydrogens is 538 g/mol. The van der Waals surface area contributed by atoms with Gasteiger partial charge in [-0.1, -0.05) is 72.8 Å². The second kappa shape index (κ2) is 11.7. The van der Waals surface area contributed by atoms with Crippen molar-refractivity contribution in [1.29, 1.82) is 0 Å². The van der Waals surface area contributed by atoms with E-state index < -0.39 is 48.3 Å². The van der Waals surface area contributed by atoms with Gasteiger partial charge in [0, 0.05) is 13.3 Å². The number of rotatable bonds is 9. The summed E-state index contributed by atoms with van der Waals surface area (Å²) in [6.07, 6.45) is -2.08. The van der Waals surface area contributed by atoms with Crippen molar-refractivity contribution >= 4 is 5.82 Å². The number of aromatic nitrogens is 2. The van der Waals surface area contributed by atoms with E-state index in [-0.39, 0.29) is 0 Å². The fraction of sp³-hybridized carbons (Fsp3) is 0.312. The molecule has 0 amide bonds. The molecule has 0 spiro atoms. The number of aliphatic hydroxyl groups is 1. The third-order valence-electron chi connectivity index (χ3n) is 7.79. The van der Waals surface area contributed by atoms with E-state index in [0.717, 1.165) is 22.4 Å². The Morgan fingerprint density at radius 3 is 2.00 bits per heavy atom. The molecule has 6 rings (SSSR count). The van der Waals surface area contributed by atoms with Crippen molar-refractivity contribution in [3.8, 4) is 5.75 Å². The van der Waals surface area contributed by atoms with Gasteiger partial charge in [0.25, 0.3) is 6.48 Å². The van der Waals surface area contributed by atoms with Gasteiger partial charge in [-0.25, -0.2) is 4.79 Å². The molecule has 2 aliphatic heterocycles. The van der Waals surface area contributed by atoms with Crippen molar-refractivity contribution in [1.82, 2.24) is 9.55 Å². The maximum absolute atomic E-state index is 13.5. The van der Waals surface area contributed by atoms with Gasteiger partial charge in [0.05, 0.1) is 13.2 Å². The first-order valence-electron chi connectivity index (χ1n) is 13.7. The lowest BCUT2D eigenvalue weighted by molar-refractivity contribution is -0.260. The Morgan fingerprint density at radius 1 is 0.857 bits per heavy atom. The highest BCUT2D eigenvalue weighted by atomic mass is 16.9.